The van der Waals surface area contributed by atoms with Crippen LogP contribution in [0.4, 0.5) is 0 Å². The monoisotopic (exact) mass is 264 g/mol. The average molecular weight is 264 g/mol. The minimum absolute atomic E-state index is 0.00189. The molecule has 0 aliphatic carbocycles. The van der Waals surface area contributed by atoms with E-state index in [2.05, 4.69) is 4.74 Å². The maximum absolute atomic E-state index is 11.3. The highest BCUT2D eigenvalue weighted by atomic mass is 16.6. The van der Waals surface area contributed by atoms with Gasteiger partial charge in [0.25, 0.3) is 5.79 Å². The second-order valence-corrected chi connectivity index (χ2v) is 4.09. The van der Waals surface area contributed by atoms with E-state index >= 15 is 0 Å². The zero-order chi connectivity index (χ0) is 14.6. The Morgan fingerprint density at radius 2 is 1.61 bits per heavy atom. The normalized spacial score (nSPS) is 14.7. The molecule has 0 aromatic carbocycles. The first-order valence-electron chi connectivity index (χ1n) is 5.18. The third kappa shape index (κ3) is 4.78. The summed E-state index contributed by atoms with van der Waals surface area (Å²) in [6.07, 6.45) is -0.911. The van der Waals surface area contributed by atoms with Crippen LogP contribution in [0.25, 0.3) is 0 Å². The lowest BCUT2D eigenvalue weighted by atomic mass is 10.0. The summed E-state index contributed by atoms with van der Waals surface area (Å²) in [5.74, 6) is -8.19. The highest BCUT2D eigenvalue weighted by Crippen LogP contribution is 2.16. The summed E-state index contributed by atoms with van der Waals surface area (Å²) in [5.41, 5.74) is -1.95. The second-order valence-electron chi connectivity index (χ2n) is 4.09. The van der Waals surface area contributed by atoms with Crippen LogP contribution >= 0.6 is 0 Å². The maximum atomic E-state index is 11.3. The molecule has 0 aliphatic rings. The predicted octanol–water partition coefficient (Wildman–Crippen LogP) is -1.24. The largest absolute Gasteiger partial charge is 0.481 e. The smallest absolute Gasteiger partial charge is 0.374 e. The van der Waals surface area contributed by atoms with Crippen LogP contribution in [0.3, 0.4) is 0 Å². The van der Waals surface area contributed by atoms with Crippen molar-refractivity contribution in [3.63, 3.8) is 0 Å². The van der Waals surface area contributed by atoms with E-state index in [9.17, 15) is 19.5 Å². The van der Waals surface area contributed by atoms with Gasteiger partial charge in [0.15, 0.2) is 5.60 Å². The van der Waals surface area contributed by atoms with Crippen molar-refractivity contribution in [2.75, 3.05) is 0 Å². The topological polar surface area (TPSA) is 141 Å². The fraction of sp³-hybridized carbons (Fsp3) is 0.700. The number of carbonyl (C=O) groups excluding carboxylic acids is 2. The number of aliphatic carboxylic acids is 1. The molecule has 0 saturated carbocycles. The Morgan fingerprint density at radius 3 is 2.00 bits per heavy atom. The molecular weight excluding hydrogens is 248 g/mol. The lowest BCUT2D eigenvalue weighted by Gasteiger charge is -2.22. The van der Waals surface area contributed by atoms with Gasteiger partial charge >= 0.3 is 17.9 Å². The van der Waals surface area contributed by atoms with Crippen molar-refractivity contribution < 1.29 is 39.5 Å². The molecule has 0 radical (unpaired) electrons. The summed E-state index contributed by atoms with van der Waals surface area (Å²) in [6, 6.07) is 0. The fourth-order valence-corrected chi connectivity index (χ4v) is 1.15. The first-order chi connectivity index (χ1) is 8.03. The van der Waals surface area contributed by atoms with Gasteiger partial charge in [-0.15, -0.1) is 0 Å². The van der Waals surface area contributed by atoms with E-state index in [1.807, 2.05) is 0 Å². The molecule has 0 saturated heterocycles. The summed E-state index contributed by atoms with van der Waals surface area (Å²) in [7, 11) is 0. The zero-order valence-electron chi connectivity index (χ0n) is 10.0. The van der Waals surface area contributed by atoms with E-state index in [-0.39, 0.29) is 6.42 Å². The summed E-state index contributed by atoms with van der Waals surface area (Å²) < 4.78 is 4.04. The van der Waals surface area contributed by atoms with Crippen molar-refractivity contribution in [3.05, 3.63) is 0 Å². The number of esters is 2. The average Bonchev–Trinajstić information content (AvgIpc) is 2.15. The zero-order valence-corrected chi connectivity index (χ0v) is 10.0. The van der Waals surface area contributed by atoms with Gasteiger partial charge in [-0.1, -0.05) is 13.3 Å². The molecule has 8 nitrogen and oxygen atoms in total. The van der Waals surface area contributed by atoms with Crippen molar-refractivity contribution in [2.45, 2.75) is 44.5 Å². The van der Waals surface area contributed by atoms with E-state index in [1.54, 1.807) is 6.92 Å². The van der Waals surface area contributed by atoms with Crippen LogP contribution in [0.2, 0.25) is 0 Å². The van der Waals surface area contributed by atoms with Crippen LogP contribution in [0.5, 0.6) is 0 Å². The Bertz CT molecular complexity index is 344. The number of carboxylic acids is 1. The van der Waals surface area contributed by atoms with Gasteiger partial charge < -0.3 is 25.2 Å². The summed E-state index contributed by atoms with van der Waals surface area (Å²) in [5, 5.41) is 36.0. The number of ether oxygens (including phenoxy) is 1. The minimum atomic E-state index is -3.32. The molecule has 0 heterocycles. The Hall–Kier alpha value is -1.51. The van der Waals surface area contributed by atoms with Gasteiger partial charge in [0.05, 0.1) is 0 Å². The lowest BCUT2D eigenvalue weighted by molar-refractivity contribution is -0.218. The van der Waals surface area contributed by atoms with E-state index in [4.69, 9.17) is 15.3 Å². The molecular formula is C10H16O8. The number of carbonyl (C=O) groups is 3. The molecule has 1 atom stereocenters. The standard InChI is InChI=1S/C10H16O8/c1-3-4-9(2,15)7(13)18-8(14)10(16,17)5-6(11)12/h15-17H,3-5H2,1-2H3,(H,11,12). The summed E-state index contributed by atoms with van der Waals surface area (Å²) in [4.78, 5) is 32.7. The van der Waals surface area contributed by atoms with E-state index in [0.717, 1.165) is 6.92 Å². The first kappa shape index (κ1) is 16.5. The number of hydrogen-bond acceptors (Lipinski definition) is 7. The van der Waals surface area contributed by atoms with Crippen LogP contribution in [-0.4, -0.2) is 49.7 Å². The fourth-order valence-electron chi connectivity index (χ4n) is 1.15. The van der Waals surface area contributed by atoms with Crippen molar-refractivity contribution >= 4 is 17.9 Å². The molecule has 1 unspecified atom stereocenters. The van der Waals surface area contributed by atoms with Crippen LogP contribution in [-0.2, 0) is 19.1 Å². The van der Waals surface area contributed by atoms with Gasteiger partial charge in [-0.3, -0.25) is 4.79 Å². The molecule has 0 spiro atoms. The first-order valence-corrected chi connectivity index (χ1v) is 5.18. The van der Waals surface area contributed by atoms with Crippen LogP contribution in [0, 0.1) is 0 Å². The lowest BCUT2D eigenvalue weighted by Crippen LogP contribution is -2.46. The van der Waals surface area contributed by atoms with E-state index in [1.165, 1.54) is 0 Å². The SMILES string of the molecule is CCCC(C)(O)C(=O)OC(=O)C(O)(O)CC(=O)O. The predicted molar refractivity (Wildman–Crippen MR) is 56.1 cm³/mol. The molecule has 8 heteroatoms. The van der Waals surface area contributed by atoms with Crippen LogP contribution in [0.15, 0.2) is 0 Å². The van der Waals surface area contributed by atoms with Crippen molar-refractivity contribution in [1.29, 1.82) is 0 Å². The molecule has 104 valence electrons. The third-order valence-corrected chi connectivity index (χ3v) is 2.09. The van der Waals surface area contributed by atoms with Crippen molar-refractivity contribution in [1.82, 2.24) is 0 Å². The molecule has 0 bridgehead atoms. The van der Waals surface area contributed by atoms with Crippen LogP contribution in [0.1, 0.15) is 33.1 Å². The number of carboxylic acid groups (broad SMARTS) is 1. The maximum Gasteiger partial charge on any atom is 0.374 e. The summed E-state index contributed by atoms with van der Waals surface area (Å²) in [6.45, 7) is 2.77. The minimum Gasteiger partial charge on any atom is -0.481 e. The van der Waals surface area contributed by atoms with Crippen molar-refractivity contribution in [2.24, 2.45) is 0 Å². The number of aliphatic hydroxyl groups is 3. The van der Waals surface area contributed by atoms with Gasteiger partial charge in [0.1, 0.15) is 6.42 Å². The third-order valence-electron chi connectivity index (χ3n) is 2.09. The Morgan fingerprint density at radius 1 is 1.11 bits per heavy atom. The molecule has 4 N–H and O–H groups in total. The van der Waals surface area contributed by atoms with Gasteiger partial charge in [-0.05, 0) is 13.3 Å². The van der Waals surface area contributed by atoms with Gasteiger partial charge in [0, 0.05) is 0 Å². The van der Waals surface area contributed by atoms with Gasteiger partial charge in [-0.2, -0.15) is 0 Å². The molecule has 0 aromatic heterocycles. The molecule has 0 rings (SSSR count). The number of hydrogen-bond donors (Lipinski definition) is 4. The molecule has 18 heavy (non-hydrogen) atoms. The summed E-state index contributed by atoms with van der Waals surface area (Å²) >= 11 is 0. The van der Waals surface area contributed by atoms with Crippen molar-refractivity contribution in [3.8, 4) is 0 Å². The number of rotatable bonds is 6. The highest BCUT2D eigenvalue weighted by molar-refractivity contribution is 5.94. The van der Waals surface area contributed by atoms with Crippen LogP contribution < -0.4 is 0 Å². The highest BCUT2D eigenvalue weighted by Gasteiger charge is 2.42. The van der Waals surface area contributed by atoms with E-state index in [0.29, 0.717) is 6.42 Å². The second kappa shape index (κ2) is 5.89. The van der Waals surface area contributed by atoms with Gasteiger partial charge in [-0.25, -0.2) is 9.59 Å². The Labute approximate surface area is 103 Å². The molecule has 0 fully saturated rings. The molecule has 0 amide bonds. The molecule has 0 aliphatic heterocycles. The van der Waals surface area contributed by atoms with E-state index < -0.39 is 35.7 Å². The Kier molecular flexibility index (Phi) is 5.40. The van der Waals surface area contributed by atoms with Gasteiger partial charge in [0.2, 0.25) is 0 Å². The quantitative estimate of drug-likeness (QED) is 0.265. The Balaban J connectivity index is 4.66. The molecule has 0 aromatic rings.